The third-order valence-corrected chi connectivity index (χ3v) is 5.78. The lowest BCUT2D eigenvalue weighted by Crippen LogP contribution is -2.23. The molecule has 0 bridgehead atoms. The molecule has 3 heterocycles. The van der Waals surface area contributed by atoms with Crippen LogP contribution in [0.5, 0.6) is 0 Å². The lowest BCUT2D eigenvalue weighted by molar-refractivity contribution is -0.449. The van der Waals surface area contributed by atoms with Crippen LogP contribution in [0, 0.1) is 19.8 Å². The minimum absolute atomic E-state index is 0.649. The van der Waals surface area contributed by atoms with Crippen LogP contribution in [0.15, 0.2) is 48.5 Å². The Labute approximate surface area is 165 Å². The maximum Gasteiger partial charge on any atom is 0.297 e. The first-order chi connectivity index (χ1) is 13.5. The van der Waals surface area contributed by atoms with Gasteiger partial charge in [0, 0.05) is 11.1 Å². The van der Waals surface area contributed by atoms with Crippen molar-refractivity contribution in [1.82, 2.24) is 9.55 Å². The summed E-state index contributed by atoms with van der Waals surface area (Å²) in [6, 6.07) is 17.8. The first-order valence-electron chi connectivity index (χ1n) is 10.1. The first-order valence-corrected chi connectivity index (χ1v) is 10.1. The van der Waals surface area contributed by atoms with Crippen molar-refractivity contribution in [3.8, 4) is 0 Å². The van der Waals surface area contributed by atoms with Gasteiger partial charge in [-0.2, -0.15) is 4.40 Å². The largest absolute Gasteiger partial charge is 0.297 e. The highest BCUT2D eigenvalue weighted by Crippen LogP contribution is 2.30. The number of aryl methyl sites for hydroxylation is 3. The lowest BCUT2D eigenvalue weighted by atomic mass is 10.0. The fourth-order valence-corrected chi connectivity index (χ4v) is 4.71. The van der Waals surface area contributed by atoms with Gasteiger partial charge in [-0.3, -0.25) is 4.98 Å². The van der Waals surface area contributed by atoms with E-state index < -0.39 is 0 Å². The number of hydrogen-bond acceptors (Lipinski definition) is 1. The Morgan fingerprint density at radius 1 is 1.00 bits per heavy atom. The predicted molar refractivity (Wildman–Crippen MR) is 117 cm³/mol. The molecule has 0 amide bonds. The molecule has 3 heteroatoms. The lowest BCUT2D eigenvalue weighted by Gasteiger charge is -2.07. The van der Waals surface area contributed by atoms with Gasteiger partial charge >= 0.3 is 0 Å². The molecule has 0 spiro atoms. The van der Waals surface area contributed by atoms with Gasteiger partial charge in [-0.1, -0.05) is 32.0 Å². The normalized spacial score (nSPS) is 12.2. The molecule has 0 radical (unpaired) electrons. The topological polar surface area (TPSA) is 21.9 Å². The summed E-state index contributed by atoms with van der Waals surface area (Å²) in [7, 11) is 2.18. The van der Waals surface area contributed by atoms with Crippen LogP contribution in [0.25, 0.3) is 38.5 Å². The van der Waals surface area contributed by atoms with Gasteiger partial charge in [0.2, 0.25) is 0 Å². The van der Waals surface area contributed by atoms with Crippen molar-refractivity contribution in [2.24, 2.45) is 13.0 Å². The highest BCUT2D eigenvalue weighted by Gasteiger charge is 2.25. The molecule has 0 aliphatic heterocycles. The van der Waals surface area contributed by atoms with Gasteiger partial charge < -0.3 is 0 Å². The van der Waals surface area contributed by atoms with E-state index in [-0.39, 0.29) is 0 Å². The number of aromatic nitrogens is 3. The van der Waals surface area contributed by atoms with Crippen molar-refractivity contribution in [3.63, 3.8) is 0 Å². The van der Waals surface area contributed by atoms with Crippen molar-refractivity contribution >= 4 is 38.5 Å². The van der Waals surface area contributed by atoms with E-state index in [1.807, 2.05) is 0 Å². The molecular weight excluding hydrogens is 342 g/mol. The zero-order chi connectivity index (χ0) is 19.6. The summed E-state index contributed by atoms with van der Waals surface area (Å²) in [4.78, 5) is 4.96. The quantitative estimate of drug-likeness (QED) is 0.301. The average molecular weight is 369 g/mol. The Morgan fingerprint density at radius 2 is 1.79 bits per heavy atom. The first kappa shape index (κ1) is 17.2. The van der Waals surface area contributed by atoms with Gasteiger partial charge in [0.15, 0.2) is 11.0 Å². The highest BCUT2D eigenvalue weighted by atomic mass is 15.1. The van der Waals surface area contributed by atoms with Crippen LogP contribution in [0.4, 0.5) is 0 Å². The van der Waals surface area contributed by atoms with Crippen LogP contribution >= 0.6 is 0 Å². The van der Waals surface area contributed by atoms with Gasteiger partial charge in [-0.25, -0.2) is 4.57 Å². The van der Waals surface area contributed by atoms with Crippen LogP contribution < -0.4 is 4.40 Å². The van der Waals surface area contributed by atoms with Crippen molar-refractivity contribution < 1.29 is 4.40 Å². The Bertz CT molecular complexity index is 1390. The molecule has 0 aliphatic rings. The number of fused-ring (bicyclic) bond motifs is 8. The smallest absolute Gasteiger partial charge is 0.252 e. The third kappa shape index (κ3) is 2.35. The number of hydrogen-bond donors (Lipinski definition) is 0. The van der Waals surface area contributed by atoms with E-state index >= 15 is 0 Å². The van der Waals surface area contributed by atoms with E-state index in [1.54, 1.807) is 0 Å². The molecule has 0 unspecified atom stereocenters. The molecule has 0 saturated heterocycles. The number of imidazole rings is 1. The molecule has 5 aromatic rings. The number of para-hydroxylation sites is 1. The molecule has 0 aliphatic carbocycles. The molecule has 0 saturated carbocycles. The predicted octanol–water partition coefficient (Wildman–Crippen LogP) is 5.43. The van der Waals surface area contributed by atoms with Gasteiger partial charge in [0.05, 0.1) is 18.0 Å². The second-order valence-corrected chi connectivity index (χ2v) is 8.46. The van der Waals surface area contributed by atoms with Crippen molar-refractivity contribution in [1.29, 1.82) is 0 Å². The van der Waals surface area contributed by atoms with Crippen molar-refractivity contribution in [2.75, 3.05) is 0 Å². The number of nitrogens with zero attached hydrogens (tertiary/aromatic N) is 3. The highest BCUT2D eigenvalue weighted by molar-refractivity contribution is 6.09. The molecule has 3 nitrogen and oxygen atoms in total. The molecule has 0 fully saturated rings. The maximum absolute atomic E-state index is 4.96. The third-order valence-electron chi connectivity index (χ3n) is 5.78. The fraction of sp³-hybridized carbons (Fsp3) is 0.280. The maximum atomic E-state index is 4.96. The summed E-state index contributed by atoms with van der Waals surface area (Å²) in [6.07, 6.45) is 1.10. The van der Waals surface area contributed by atoms with Gasteiger partial charge in [-0.15, -0.1) is 0 Å². The number of rotatable bonds is 2. The van der Waals surface area contributed by atoms with Crippen LogP contribution in [-0.2, 0) is 13.5 Å². The average Bonchev–Trinajstić information content (AvgIpc) is 2.94. The Kier molecular flexibility index (Phi) is 3.70. The fourth-order valence-electron chi connectivity index (χ4n) is 4.71. The molecule has 2 aromatic carbocycles. The minimum atomic E-state index is 0.649. The molecule has 5 rings (SSSR count). The second-order valence-electron chi connectivity index (χ2n) is 8.46. The van der Waals surface area contributed by atoms with E-state index in [1.165, 1.54) is 44.1 Å². The Balaban J connectivity index is 2.06. The zero-order valence-electron chi connectivity index (χ0n) is 17.2. The van der Waals surface area contributed by atoms with Crippen LogP contribution in [0.1, 0.15) is 30.7 Å². The standard InChI is InChI=1S/C25H26N3/c1-15(2)12-18-10-11-21-22(14-18)27(5)25-23-16(3)13-17(4)26-24(23)19-8-6-7-9-20(19)28(21)25/h6-11,13-15H,12H2,1-5H3/q+1. The molecular formula is C25H26N3+. The molecule has 0 atom stereocenters. The summed E-state index contributed by atoms with van der Waals surface area (Å²) in [5.41, 5.74) is 9.80. The van der Waals surface area contributed by atoms with Crippen LogP contribution in [0.2, 0.25) is 0 Å². The van der Waals surface area contributed by atoms with Gasteiger partial charge in [0.25, 0.3) is 5.65 Å². The monoisotopic (exact) mass is 368 g/mol. The van der Waals surface area contributed by atoms with Crippen molar-refractivity contribution in [3.05, 3.63) is 65.4 Å². The second kappa shape index (κ2) is 6.03. The van der Waals surface area contributed by atoms with E-state index in [9.17, 15) is 0 Å². The summed E-state index contributed by atoms with van der Waals surface area (Å²) in [6.45, 7) is 8.84. The summed E-state index contributed by atoms with van der Waals surface area (Å²) >= 11 is 0. The van der Waals surface area contributed by atoms with Crippen LogP contribution in [0.3, 0.4) is 0 Å². The van der Waals surface area contributed by atoms with Crippen molar-refractivity contribution in [2.45, 2.75) is 34.1 Å². The SMILES string of the molecule is Cc1cc(C)c2c(n1)c1ccccc1[n+]1c3ccc(CC(C)C)cc3n(C)c21. The van der Waals surface area contributed by atoms with E-state index in [4.69, 9.17) is 4.98 Å². The Morgan fingerprint density at radius 3 is 2.57 bits per heavy atom. The molecule has 3 aromatic heterocycles. The summed E-state index contributed by atoms with van der Waals surface area (Å²) in [5, 5.41) is 2.45. The van der Waals surface area contributed by atoms with Gasteiger partial charge in [0.1, 0.15) is 5.52 Å². The van der Waals surface area contributed by atoms with E-state index in [0.29, 0.717) is 5.92 Å². The van der Waals surface area contributed by atoms with Crippen LogP contribution in [-0.4, -0.2) is 9.55 Å². The van der Waals surface area contributed by atoms with E-state index in [0.717, 1.165) is 17.6 Å². The number of pyridine rings is 2. The Hall–Kier alpha value is -2.94. The zero-order valence-corrected chi connectivity index (χ0v) is 17.2. The summed E-state index contributed by atoms with van der Waals surface area (Å²) in [5.74, 6) is 0.649. The summed E-state index contributed by atoms with van der Waals surface area (Å²) < 4.78 is 4.76. The minimum Gasteiger partial charge on any atom is -0.252 e. The molecule has 140 valence electrons. The van der Waals surface area contributed by atoms with E-state index in [2.05, 4.69) is 92.2 Å². The number of benzene rings is 2. The molecule has 28 heavy (non-hydrogen) atoms. The van der Waals surface area contributed by atoms with Gasteiger partial charge in [-0.05, 0) is 67.6 Å². The molecule has 0 N–H and O–H groups in total.